The maximum absolute atomic E-state index is 12.6. The van der Waals surface area contributed by atoms with Crippen LogP contribution >= 0.6 is 0 Å². The zero-order valence-electron chi connectivity index (χ0n) is 12.8. The van der Waals surface area contributed by atoms with E-state index in [2.05, 4.69) is 11.1 Å². The first kappa shape index (κ1) is 14.5. The zero-order chi connectivity index (χ0) is 15.4. The van der Waals surface area contributed by atoms with Crippen molar-refractivity contribution in [3.8, 4) is 0 Å². The first-order valence-corrected chi connectivity index (χ1v) is 7.70. The molecule has 2 heterocycles. The van der Waals surface area contributed by atoms with Crippen molar-refractivity contribution in [3.63, 3.8) is 0 Å². The van der Waals surface area contributed by atoms with Gasteiger partial charge in [-0.1, -0.05) is 42.5 Å². The summed E-state index contributed by atoms with van der Waals surface area (Å²) >= 11 is 0. The maximum atomic E-state index is 12.6. The molecule has 1 amide bonds. The minimum absolute atomic E-state index is 0.0917. The Morgan fingerprint density at radius 3 is 2.55 bits per heavy atom. The van der Waals surface area contributed by atoms with Gasteiger partial charge in [-0.3, -0.25) is 9.78 Å². The van der Waals surface area contributed by atoms with Crippen LogP contribution in [0, 0.1) is 0 Å². The smallest absolute Gasteiger partial charge is 0.230 e. The van der Waals surface area contributed by atoms with Crippen LogP contribution in [-0.2, 0) is 4.79 Å². The number of nitrogens with zero attached hydrogens (tertiary/aromatic N) is 2. The molecule has 0 N–H and O–H groups in total. The molecule has 3 rings (SSSR count). The van der Waals surface area contributed by atoms with Crippen LogP contribution in [0.4, 0.5) is 0 Å². The Morgan fingerprint density at radius 2 is 1.91 bits per heavy atom. The summed E-state index contributed by atoms with van der Waals surface area (Å²) in [6.45, 7) is 3.41. The van der Waals surface area contributed by atoms with E-state index in [1.807, 2.05) is 66.6 Å². The van der Waals surface area contributed by atoms with Crippen molar-refractivity contribution in [2.75, 3.05) is 13.1 Å². The van der Waals surface area contributed by atoms with Gasteiger partial charge in [-0.05, 0) is 36.6 Å². The van der Waals surface area contributed by atoms with E-state index in [1.165, 1.54) is 5.57 Å². The second-order valence-electron chi connectivity index (χ2n) is 5.61. The second kappa shape index (κ2) is 6.56. The van der Waals surface area contributed by atoms with E-state index in [0.717, 1.165) is 24.2 Å². The number of hydrogen-bond acceptors (Lipinski definition) is 2. The van der Waals surface area contributed by atoms with E-state index in [1.54, 1.807) is 0 Å². The van der Waals surface area contributed by atoms with E-state index in [9.17, 15) is 4.79 Å². The number of pyridine rings is 1. The number of amides is 1. The van der Waals surface area contributed by atoms with Gasteiger partial charge < -0.3 is 4.90 Å². The second-order valence-corrected chi connectivity index (χ2v) is 5.61. The number of hydrogen-bond donors (Lipinski definition) is 0. The first-order chi connectivity index (χ1) is 10.8. The largest absolute Gasteiger partial charge is 0.338 e. The molecule has 1 aliphatic rings. The van der Waals surface area contributed by atoms with Gasteiger partial charge in [0.05, 0.1) is 11.6 Å². The van der Waals surface area contributed by atoms with Crippen molar-refractivity contribution in [3.05, 3.63) is 72.1 Å². The highest BCUT2D eigenvalue weighted by Crippen LogP contribution is 2.24. The van der Waals surface area contributed by atoms with Crippen molar-refractivity contribution < 1.29 is 4.79 Å². The Balaban J connectivity index is 1.68. The lowest BCUT2D eigenvalue weighted by atomic mass is 9.98. The third-order valence-electron chi connectivity index (χ3n) is 4.18. The van der Waals surface area contributed by atoms with Crippen LogP contribution in [0.2, 0.25) is 0 Å². The SMILES string of the molecule is CC(C(=O)N1CC=C(c2ccccn2)CC1)c1ccccc1. The van der Waals surface area contributed by atoms with Gasteiger partial charge in [0.15, 0.2) is 0 Å². The Morgan fingerprint density at radius 1 is 1.14 bits per heavy atom. The van der Waals surface area contributed by atoms with Crippen molar-refractivity contribution in [1.82, 2.24) is 9.88 Å². The predicted molar refractivity (Wildman–Crippen MR) is 88.3 cm³/mol. The summed E-state index contributed by atoms with van der Waals surface area (Å²) in [4.78, 5) is 18.9. The Kier molecular flexibility index (Phi) is 4.33. The molecule has 22 heavy (non-hydrogen) atoms. The highest BCUT2D eigenvalue weighted by molar-refractivity contribution is 5.84. The van der Waals surface area contributed by atoms with Gasteiger partial charge in [0.2, 0.25) is 5.91 Å². The zero-order valence-corrected chi connectivity index (χ0v) is 12.8. The molecule has 3 nitrogen and oxygen atoms in total. The molecular formula is C19H20N2O. The normalized spacial score (nSPS) is 16.0. The van der Waals surface area contributed by atoms with Gasteiger partial charge in [0.1, 0.15) is 0 Å². The molecule has 0 bridgehead atoms. The summed E-state index contributed by atoms with van der Waals surface area (Å²) in [5.74, 6) is 0.105. The van der Waals surface area contributed by atoms with Crippen LogP contribution in [0.15, 0.2) is 60.8 Å². The molecule has 1 aromatic carbocycles. The number of carbonyl (C=O) groups excluding carboxylic acids is 1. The molecule has 0 aliphatic carbocycles. The van der Waals surface area contributed by atoms with Gasteiger partial charge in [-0.25, -0.2) is 0 Å². The summed E-state index contributed by atoms with van der Waals surface area (Å²) in [5.41, 5.74) is 3.33. The minimum atomic E-state index is -0.0917. The van der Waals surface area contributed by atoms with Gasteiger partial charge in [0, 0.05) is 19.3 Å². The van der Waals surface area contributed by atoms with Gasteiger partial charge in [-0.2, -0.15) is 0 Å². The van der Waals surface area contributed by atoms with Crippen LogP contribution in [0.3, 0.4) is 0 Å². The molecule has 1 unspecified atom stereocenters. The molecule has 0 spiro atoms. The first-order valence-electron chi connectivity index (χ1n) is 7.70. The molecule has 0 saturated carbocycles. The summed E-state index contributed by atoms with van der Waals surface area (Å²) in [5, 5.41) is 0. The Labute approximate surface area is 131 Å². The highest BCUT2D eigenvalue weighted by Gasteiger charge is 2.23. The minimum Gasteiger partial charge on any atom is -0.338 e. The molecule has 1 aliphatic heterocycles. The van der Waals surface area contributed by atoms with Crippen molar-refractivity contribution in [2.24, 2.45) is 0 Å². The quantitative estimate of drug-likeness (QED) is 0.867. The maximum Gasteiger partial charge on any atom is 0.230 e. The fourth-order valence-electron chi connectivity index (χ4n) is 2.81. The van der Waals surface area contributed by atoms with Crippen LogP contribution in [0.1, 0.15) is 30.5 Å². The van der Waals surface area contributed by atoms with Crippen LogP contribution in [0.25, 0.3) is 5.57 Å². The highest BCUT2D eigenvalue weighted by atomic mass is 16.2. The third-order valence-corrected chi connectivity index (χ3v) is 4.18. The van der Waals surface area contributed by atoms with Crippen LogP contribution in [-0.4, -0.2) is 28.9 Å². The predicted octanol–water partition coefficient (Wildman–Crippen LogP) is 3.50. The topological polar surface area (TPSA) is 33.2 Å². The lowest BCUT2D eigenvalue weighted by Crippen LogP contribution is -2.37. The molecule has 1 atom stereocenters. The summed E-state index contributed by atoms with van der Waals surface area (Å²) in [6.07, 6.45) is 4.80. The van der Waals surface area contributed by atoms with Crippen molar-refractivity contribution >= 4 is 11.5 Å². The van der Waals surface area contributed by atoms with Gasteiger partial charge in [-0.15, -0.1) is 0 Å². The summed E-state index contributed by atoms with van der Waals surface area (Å²) < 4.78 is 0. The molecular weight excluding hydrogens is 272 g/mol. The summed E-state index contributed by atoms with van der Waals surface area (Å²) in [7, 11) is 0. The fraction of sp³-hybridized carbons (Fsp3) is 0.263. The Hall–Kier alpha value is -2.42. The molecule has 112 valence electrons. The molecule has 2 aromatic rings. The van der Waals surface area contributed by atoms with E-state index in [4.69, 9.17) is 0 Å². The monoisotopic (exact) mass is 292 g/mol. The average molecular weight is 292 g/mol. The molecule has 1 aromatic heterocycles. The third kappa shape index (κ3) is 3.08. The molecule has 0 fully saturated rings. The van der Waals surface area contributed by atoms with E-state index >= 15 is 0 Å². The molecule has 3 heteroatoms. The number of aromatic nitrogens is 1. The van der Waals surface area contributed by atoms with Crippen molar-refractivity contribution in [2.45, 2.75) is 19.3 Å². The standard InChI is InChI=1S/C19H20N2O/c1-15(16-7-3-2-4-8-16)19(22)21-13-10-17(11-14-21)18-9-5-6-12-20-18/h2-10,12,15H,11,13-14H2,1H3. The lowest BCUT2D eigenvalue weighted by Gasteiger charge is -2.29. The van der Waals surface area contributed by atoms with Crippen LogP contribution in [0.5, 0.6) is 0 Å². The number of benzene rings is 1. The van der Waals surface area contributed by atoms with E-state index in [0.29, 0.717) is 6.54 Å². The molecule has 0 radical (unpaired) electrons. The van der Waals surface area contributed by atoms with Gasteiger partial charge >= 0.3 is 0 Å². The average Bonchev–Trinajstić information content (AvgIpc) is 2.62. The van der Waals surface area contributed by atoms with Crippen LogP contribution < -0.4 is 0 Å². The molecule has 0 saturated heterocycles. The van der Waals surface area contributed by atoms with E-state index in [-0.39, 0.29) is 11.8 Å². The number of carbonyl (C=O) groups is 1. The fourth-order valence-corrected chi connectivity index (χ4v) is 2.81. The van der Waals surface area contributed by atoms with Crippen molar-refractivity contribution in [1.29, 1.82) is 0 Å². The summed E-state index contributed by atoms with van der Waals surface area (Å²) in [6, 6.07) is 15.9. The number of rotatable bonds is 3. The Bertz CT molecular complexity index is 664. The van der Waals surface area contributed by atoms with Gasteiger partial charge in [0.25, 0.3) is 0 Å². The lowest BCUT2D eigenvalue weighted by molar-refractivity contribution is -0.132. The van der Waals surface area contributed by atoms with E-state index < -0.39 is 0 Å².